The lowest BCUT2D eigenvalue weighted by Crippen LogP contribution is -2.29. The number of likely N-dealkylation sites (N-methyl/N-ethyl adjacent to an activating group) is 1. The van der Waals surface area contributed by atoms with E-state index in [1.807, 2.05) is 65.8 Å². The standard InChI is InChI=1S/C34H36N4O3/c1-8-24(6)41-31(21(2)3)20-38(7)34(40)25-11-13-27(14-12-25)36-33(39)29-18-30(26-10-9-15-35-19-26)37-32-23(5)16-22(4)17-28(29)32/h8-19H,20H2,1-7H3,(H,36,39)/b24-8-. The molecule has 4 aromatic rings. The first-order chi connectivity index (χ1) is 19.6. The monoisotopic (exact) mass is 548 g/mol. The van der Waals surface area contributed by atoms with Crippen LogP contribution in [0.3, 0.4) is 0 Å². The third-order valence-electron chi connectivity index (χ3n) is 6.82. The molecule has 1 N–H and O–H groups in total. The molecule has 4 rings (SSSR count). The van der Waals surface area contributed by atoms with Crippen molar-refractivity contribution in [1.82, 2.24) is 14.9 Å². The van der Waals surface area contributed by atoms with Crippen molar-refractivity contribution < 1.29 is 14.3 Å². The molecule has 0 saturated heterocycles. The highest BCUT2D eigenvalue weighted by molar-refractivity contribution is 6.13. The third-order valence-corrected chi connectivity index (χ3v) is 6.82. The molecule has 2 aromatic carbocycles. The number of rotatable bonds is 8. The molecule has 0 aliphatic carbocycles. The molecule has 2 heterocycles. The molecule has 0 unspecified atom stereocenters. The minimum absolute atomic E-state index is 0.143. The Hall–Kier alpha value is -4.78. The number of aromatic nitrogens is 2. The number of hydrogen-bond acceptors (Lipinski definition) is 5. The minimum atomic E-state index is -0.256. The third kappa shape index (κ3) is 6.87. The van der Waals surface area contributed by atoms with Gasteiger partial charge in [0, 0.05) is 41.6 Å². The van der Waals surface area contributed by atoms with Gasteiger partial charge in [0.1, 0.15) is 5.76 Å². The van der Waals surface area contributed by atoms with Gasteiger partial charge in [-0.15, -0.1) is 0 Å². The molecule has 0 aliphatic heterocycles. The van der Waals surface area contributed by atoms with Crippen LogP contribution in [0.4, 0.5) is 5.69 Å². The predicted molar refractivity (Wildman–Crippen MR) is 165 cm³/mol. The number of fused-ring (bicyclic) bond motifs is 1. The Morgan fingerprint density at radius 3 is 2.39 bits per heavy atom. The molecule has 2 aromatic heterocycles. The average Bonchev–Trinajstić information content (AvgIpc) is 2.96. The molecule has 7 heteroatoms. The summed E-state index contributed by atoms with van der Waals surface area (Å²) in [7, 11) is 1.74. The van der Waals surface area contributed by atoms with Crippen LogP contribution < -0.4 is 5.32 Å². The molecule has 0 spiro atoms. The van der Waals surface area contributed by atoms with E-state index in [2.05, 4.69) is 16.4 Å². The first-order valence-corrected chi connectivity index (χ1v) is 13.5. The highest BCUT2D eigenvalue weighted by Crippen LogP contribution is 2.28. The molecule has 7 nitrogen and oxygen atoms in total. The summed E-state index contributed by atoms with van der Waals surface area (Å²) in [6, 6.07) is 16.5. The molecule has 210 valence electrons. The number of carbonyl (C=O) groups excluding carboxylic acids is 2. The molecule has 41 heavy (non-hydrogen) atoms. The van der Waals surface area contributed by atoms with E-state index in [-0.39, 0.29) is 11.8 Å². The highest BCUT2D eigenvalue weighted by Gasteiger charge is 2.18. The van der Waals surface area contributed by atoms with Gasteiger partial charge in [0.05, 0.1) is 29.1 Å². The second-order valence-corrected chi connectivity index (χ2v) is 10.4. The molecule has 0 radical (unpaired) electrons. The van der Waals surface area contributed by atoms with E-state index >= 15 is 0 Å². The Balaban J connectivity index is 1.57. The van der Waals surface area contributed by atoms with E-state index in [1.54, 1.807) is 54.7 Å². The fourth-order valence-electron chi connectivity index (χ4n) is 4.48. The molecule has 0 atom stereocenters. The van der Waals surface area contributed by atoms with Crippen LogP contribution >= 0.6 is 0 Å². The van der Waals surface area contributed by atoms with Gasteiger partial charge < -0.3 is 15.0 Å². The maximum absolute atomic E-state index is 13.6. The van der Waals surface area contributed by atoms with Crippen LogP contribution in [0.15, 0.2) is 90.2 Å². The van der Waals surface area contributed by atoms with Crippen LogP contribution in [-0.4, -0.2) is 40.3 Å². The number of pyridine rings is 2. The van der Waals surface area contributed by atoms with Crippen molar-refractivity contribution >= 4 is 28.4 Å². The smallest absolute Gasteiger partial charge is 0.256 e. The lowest BCUT2D eigenvalue weighted by molar-refractivity contribution is 0.0786. The second-order valence-electron chi connectivity index (χ2n) is 10.4. The summed E-state index contributed by atoms with van der Waals surface area (Å²) in [5.74, 6) is 1.12. The number of allylic oxidation sites excluding steroid dienone is 3. The van der Waals surface area contributed by atoms with E-state index in [4.69, 9.17) is 9.72 Å². The minimum Gasteiger partial charge on any atom is -0.465 e. The van der Waals surface area contributed by atoms with E-state index in [1.165, 1.54) is 0 Å². The van der Waals surface area contributed by atoms with Gasteiger partial charge in [0.25, 0.3) is 11.8 Å². The summed E-state index contributed by atoms with van der Waals surface area (Å²) < 4.78 is 5.90. The van der Waals surface area contributed by atoms with E-state index in [0.29, 0.717) is 29.1 Å². The number of benzene rings is 2. The highest BCUT2D eigenvalue weighted by atomic mass is 16.5. The number of nitrogens with one attached hydrogen (secondary N) is 1. The van der Waals surface area contributed by atoms with Crippen molar-refractivity contribution in [1.29, 1.82) is 0 Å². The van der Waals surface area contributed by atoms with Crippen molar-refractivity contribution in [2.75, 3.05) is 18.9 Å². The number of anilines is 1. The second kappa shape index (κ2) is 12.6. The first-order valence-electron chi connectivity index (χ1n) is 13.5. The lowest BCUT2D eigenvalue weighted by atomic mass is 9.99. The van der Waals surface area contributed by atoms with Crippen molar-refractivity contribution in [3.63, 3.8) is 0 Å². The number of ether oxygens (including phenoxy) is 1. The van der Waals surface area contributed by atoms with Crippen LogP contribution in [0.2, 0.25) is 0 Å². The zero-order valence-electron chi connectivity index (χ0n) is 24.7. The maximum Gasteiger partial charge on any atom is 0.256 e. The summed E-state index contributed by atoms with van der Waals surface area (Å²) in [6.45, 7) is 12.1. The fourth-order valence-corrected chi connectivity index (χ4v) is 4.48. The van der Waals surface area contributed by atoms with Gasteiger partial charge in [-0.1, -0.05) is 11.6 Å². The molecular weight excluding hydrogens is 512 g/mol. The maximum atomic E-state index is 13.6. The predicted octanol–water partition coefficient (Wildman–Crippen LogP) is 7.47. The van der Waals surface area contributed by atoms with Crippen LogP contribution in [0.5, 0.6) is 0 Å². The summed E-state index contributed by atoms with van der Waals surface area (Å²) in [6.07, 6.45) is 5.33. The van der Waals surface area contributed by atoms with E-state index < -0.39 is 0 Å². The van der Waals surface area contributed by atoms with Crippen LogP contribution in [0.25, 0.3) is 22.2 Å². The van der Waals surface area contributed by atoms with Crippen LogP contribution in [0, 0.1) is 13.8 Å². The average molecular weight is 549 g/mol. The number of aryl methyl sites for hydroxylation is 2. The van der Waals surface area contributed by atoms with Gasteiger partial charge >= 0.3 is 0 Å². The summed E-state index contributed by atoms with van der Waals surface area (Å²) in [5, 5.41) is 3.78. The summed E-state index contributed by atoms with van der Waals surface area (Å²) in [5.41, 5.74) is 6.95. The zero-order valence-corrected chi connectivity index (χ0v) is 24.7. The molecule has 0 bridgehead atoms. The number of hydrogen-bond donors (Lipinski definition) is 1. The van der Waals surface area contributed by atoms with Crippen molar-refractivity contribution in [3.05, 3.63) is 112 Å². The van der Waals surface area contributed by atoms with Crippen molar-refractivity contribution in [2.24, 2.45) is 0 Å². The van der Waals surface area contributed by atoms with E-state index in [9.17, 15) is 9.59 Å². The first kappa shape index (κ1) is 29.2. The Labute approximate surface area is 241 Å². The molecule has 0 saturated carbocycles. The van der Waals surface area contributed by atoms with Gasteiger partial charge in [0.2, 0.25) is 0 Å². The quantitative estimate of drug-likeness (QED) is 0.231. The topological polar surface area (TPSA) is 84.4 Å². The zero-order chi connectivity index (χ0) is 29.7. The van der Waals surface area contributed by atoms with Gasteiger partial charge in [0.15, 0.2) is 0 Å². The number of carbonyl (C=O) groups is 2. The molecule has 0 aliphatic rings. The SMILES string of the molecule is C/C=C(/C)OC(CN(C)C(=O)c1ccc(NC(=O)c2cc(-c3cccnc3)nc3c(C)cc(C)cc23)cc1)=C(C)C. The van der Waals surface area contributed by atoms with Crippen molar-refractivity contribution in [2.45, 2.75) is 41.5 Å². The lowest BCUT2D eigenvalue weighted by Gasteiger charge is -2.21. The van der Waals surface area contributed by atoms with Crippen LogP contribution in [0.1, 0.15) is 59.5 Å². The molecular formula is C34H36N4O3. The van der Waals surface area contributed by atoms with Gasteiger partial charge in [-0.2, -0.15) is 0 Å². The Bertz CT molecular complexity index is 1650. The van der Waals surface area contributed by atoms with Crippen LogP contribution in [-0.2, 0) is 4.74 Å². The van der Waals surface area contributed by atoms with Crippen molar-refractivity contribution in [3.8, 4) is 11.3 Å². The number of amides is 2. The number of nitrogens with zero attached hydrogens (tertiary/aromatic N) is 3. The fraction of sp³-hybridized carbons (Fsp3) is 0.235. The van der Waals surface area contributed by atoms with Gasteiger partial charge in [-0.3, -0.25) is 14.6 Å². The Morgan fingerprint density at radius 1 is 1.02 bits per heavy atom. The Kier molecular flexibility index (Phi) is 8.97. The Morgan fingerprint density at radius 2 is 1.76 bits per heavy atom. The van der Waals surface area contributed by atoms with E-state index in [0.717, 1.165) is 44.7 Å². The van der Waals surface area contributed by atoms with Gasteiger partial charge in [-0.25, -0.2) is 4.98 Å². The summed E-state index contributed by atoms with van der Waals surface area (Å²) in [4.78, 5) is 37.4. The normalized spacial score (nSPS) is 11.2. The molecule has 2 amide bonds. The largest absolute Gasteiger partial charge is 0.465 e. The summed E-state index contributed by atoms with van der Waals surface area (Å²) >= 11 is 0. The molecule has 0 fully saturated rings. The van der Waals surface area contributed by atoms with Gasteiger partial charge in [-0.05, 0) is 107 Å².